The predicted octanol–water partition coefficient (Wildman–Crippen LogP) is 4.35. The van der Waals surface area contributed by atoms with Crippen LogP contribution in [-0.2, 0) is 6.54 Å². The van der Waals surface area contributed by atoms with Crippen LogP contribution in [0.15, 0.2) is 39.8 Å². The van der Waals surface area contributed by atoms with Crippen LogP contribution >= 0.6 is 24.0 Å². The molecule has 2 heterocycles. The fourth-order valence-electron chi connectivity index (χ4n) is 3.36. The van der Waals surface area contributed by atoms with Crippen molar-refractivity contribution in [2.45, 2.75) is 52.3 Å². The zero-order chi connectivity index (χ0) is 21.5. The van der Waals surface area contributed by atoms with E-state index in [9.17, 15) is 8.78 Å². The van der Waals surface area contributed by atoms with E-state index in [1.54, 1.807) is 18.2 Å². The van der Waals surface area contributed by atoms with Gasteiger partial charge in [0.15, 0.2) is 11.7 Å². The highest BCUT2D eigenvalue weighted by molar-refractivity contribution is 14.0. The number of rotatable bonds is 8. The lowest BCUT2D eigenvalue weighted by Crippen LogP contribution is -2.44. The maximum Gasteiger partial charge on any atom is 0.387 e. The van der Waals surface area contributed by atoms with Crippen LogP contribution in [0.5, 0.6) is 5.75 Å². The molecule has 2 aromatic rings. The molecule has 1 atom stereocenters. The Morgan fingerprint density at radius 3 is 2.81 bits per heavy atom. The highest BCUT2D eigenvalue weighted by atomic mass is 127. The van der Waals surface area contributed by atoms with Crippen molar-refractivity contribution in [3.05, 3.63) is 41.8 Å². The fraction of sp³-hybridized carbons (Fsp3) is 0.524. The molecule has 1 aromatic heterocycles. The molecule has 1 unspecified atom stereocenters. The second-order valence-electron chi connectivity index (χ2n) is 7.49. The molecule has 7 nitrogen and oxygen atoms in total. The van der Waals surface area contributed by atoms with Gasteiger partial charge in [-0.2, -0.15) is 8.78 Å². The van der Waals surface area contributed by atoms with Gasteiger partial charge in [0.25, 0.3) is 0 Å². The van der Waals surface area contributed by atoms with Crippen LogP contribution in [0.4, 0.5) is 14.5 Å². The van der Waals surface area contributed by atoms with E-state index in [4.69, 9.17) is 4.52 Å². The van der Waals surface area contributed by atoms with Crippen molar-refractivity contribution in [1.29, 1.82) is 0 Å². The van der Waals surface area contributed by atoms with Crippen molar-refractivity contribution in [2.75, 3.05) is 24.5 Å². The Morgan fingerprint density at radius 1 is 1.35 bits per heavy atom. The van der Waals surface area contributed by atoms with Crippen LogP contribution in [0.3, 0.4) is 0 Å². The Morgan fingerprint density at radius 2 is 2.13 bits per heavy atom. The molecule has 1 aliphatic rings. The van der Waals surface area contributed by atoms with E-state index in [2.05, 4.69) is 39.4 Å². The van der Waals surface area contributed by atoms with Gasteiger partial charge in [-0.05, 0) is 31.4 Å². The Kier molecular flexibility index (Phi) is 9.79. The van der Waals surface area contributed by atoms with Crippen molar-refractivity contribution < 1.29 is 18.0 Å². The number of nitrogens with one attached hydrogen (secondary N) is 2. The van der Waals surface area contributed by atoms with Gasteiger partial charge in [0.1, 0.15) is 12.3 Å². The molecular weight excluding hydrogens is 519 g/mol. The second kappa shape index (κ2) is 12.1. The van der Waals surface area contributed by atoms with Gasteiger partial charge in [-0.1, -0.05) is 31.1 Å². The van der Waals surface area contributed by atoms with Crippen molar-refractivity contribution in [2.24, 2.45) is 4.99 Å². The van der Waals surface area contributed by atoms with Crippen LogP contribution < -0.4 is 20.3 Å². The molecule has 0 spiro atoms. The van der Waals surface area contributed by atoms with Gasteiger partial charge >= 0.3 is 6.61 Å². The van der Waals surface area contributed by atoms with Crippen molar-refractivity contribution >= 4 is 35.6 Å². The summed E-state index contributed by atoms with van der Waals surface area (Å²) in [6, 6.07) is 8.93. The number of anilines is 1. The fourth-order valence-corrected chi connectivity index (χ4v) is 3.36. The first-order valence-corrected chi connectivity index (χ1v) is 10.2. The van der Waals surface area contributed by atoms with Gasteiger partial charge in [-0.15, -0.1) is 24.0 Å². The molecule has 10 heteroatoms. The van der Waals surface area contributed by atoms with Crippen LogP contribution in [0, 0.1) is 0 Å². The van der Waals surface area contributed by atoms with E-state index >= 15 is 0 Å². The molecule has 0 radical (unpaired) electrons. The van der Waals surface area contributed by atoms with E-state index in [1.807, 2.05) is 24.0 Å². The molecule has 1 aromatic carbocycles. The summed E-state index contributed by atoms with van der Waals surface area (Å²) in [5.41, 5.74) is 1.58. The maximum absolute atomic E-state index is 12.7. The molecule has 31 heavy (non-hydrogen) atoms. The molecule has 0 bridgehead atoms. The number of alkyl halides is 2. The minimum absolute atomic E-state index is 0. The SMILES string of the molecule is CCNC(=NCc1cc(C(C)C)no1)NC1CCN(c2ccccc2OC(F)F)C1.I. The lowest BCUT2D eigenvalue weighted by atomic mass is 10.1. The third-order valence-corrected chi connectivity index (χ3v) is 4.86. The van der Waals surface area contributed by atoms with E-state index in [-0.39, 0.29) is 35.8 Å². The lowest BCUT2D eigenvalue weighted by molar-refractivity contribution is -0.0495. The Labute approximate surface area is 198 Å². The summed E-state index contributed by atoms with van der Waals surface area (Å²) >= 11 is 0. The van der Waals surface area contributed by atoms with E-state index < -0.39 is 6.61 Å². The predicted molar refractivity (Wildman–Crippen MR) is 128 cm³/mol. The van der Waals surface area contributed by atoms with Crippen LogP contribution in [-0.4, -0.2) is 43.4 Å². The number of guanidine groups is 1. The number of para-hydroxylation sites is 2. The molecule has 1 aliphatic heterocycles. The number of ether oxygens (including phenoxy) is 1. The molecule has 0 saturated carbocycles. The van der Waals surface area contributed by atoms with Crippen LogP contribution in [0.1, 0.15) is 44.6 Å². The number of halogens is 3. The summed E-state index contributed by atoms with van der Waals surface area (Å²) < 4.78 is 35.4. The van der Waals surface area contributed by atoms with Gasteiger partial charge in [-0.3, -0.25) is 0 Å². The summed E-state index contributed by atoms with van der Waals surface area (Å²) in [6.07, 6.45) is 0.854. The average Bonchev–Trinajstić information content (AvgIpc) is 3.36. The minimum atomic E-state index is -2.84. The first kappa shape index (κ1) is 25.2. The summed E-state index contributed by atoms with van der Waals surface area (Å²) in [5.74, 6) is 1.89. The zero-order valence-corrected chi connectivity index (χ0v) is 20.3. The number of aromatic nitrogens is 1. The molecule has 0 amide bonds. The first-order valence-electron chi connectivity index (χ1n) is 10.2. The highest BCUT2D eigenvalue weighted by Gasteiger charge is 2.26. The Hall–Kier alpha value is -2.11. The second-order valence-corrected chi connectivity index (χ2v) is 7.49. The molecular formula is C21H30F2IN5O2. The molecule has 2 N–H and O–H groups in total. The Balaban J connectivity index is 0.00000341. The van der Waals surface area contributed by atoms with Crippen molar-refractivity contribution in [3.63, 3.8) is 0 Å². The van der Waals surface area contributed by atoms with Gasteiger partial charge < -0.3 is 24.8 Å². The quantitative estimate of drug-likeness (QED) is 0.290. The van der Waals surface area contributed by atoms with Crippen LogP contribution in [0.2, 0.25) is 0 Å². The number of benzene rings is 1. The molecule has 1 saturated heterocycles. The summed E-state index contributed by atoms with van der Waals surface area (Å²) in [6.45, 7) is 5.79. The van der Waals surface area contributed by atoms with Crippen LogP contribution in [0.25, 0.3) is 0 Å². The summed E-state index contributed by atoms with van der Waals surface area (Å²) in [7, 11) is 0. The van der Waals surface area contributed by atoms with Crippen molar-refractivity contribution in [1.82, 2.24) is 15.8 Å². The first-order chi connectivity index (χ1) is 14.5. The van der Waals surface area contributed by atoms with Gasteiger partial charge in [0.2, 0.25) is 0 Å². The van der Waals surface area contributed by atoms with Gasteiger partial charge in [0, 0.05) is 31.7 Å². The van der Waals surface area contributed by atoms with Gasteiger partial charge in [0.05, 0.1) is 11.4 Å². The number of hydrogen-bond donors (Lipinski definition) is 2. The molecule has 1 fully saturated rings. The maximum atomic E-state index is 12.7. The average molecular weight is 549 g/mol. The summed E-state index contributed by atoms with van der Waals surface area (Å²) in [4.78, 5) is 6.64. The molecule has 172 valence electrons. The monoisotopic (exact) mass is 549 g/mol. The third-order valence-electron chi connectivity index (χ3n) is 4.86. The topological polar surface area (TPSA) is 74.9 Å². The zero-order valence-electron chi connectivity index (χ0n) is 18.0. The van der Waals surface area contributed by atoms with E-state index in [1.165, 1.54) is 0 Å². The lowest BCUT2D eigenvalue weighted by Gasteiger charge is -2.22. The number of hydrogen-bond acceptors (Lipinski definition) is 5. The standard InChI is InChI=1S/C21H29F2N5O2.HI/c1-4-24-21(25-12-16-11-17(14(2)3)27-30-16)26-15-9-10-28(13-15)18-7-5-6-8-19(18)29-20(22)23;/h5-8,11,14-15,20H,4,9-10,12-13H2,1-3H3,(H2,24,25,26);1H. The molecule has 0 aliphatic carbocycles. The largest absolute Gasteiger partial charge is 0.433 e. The van der Waals surface area contributed by atoms with E-state index in [0.717, 1.165) is 25.2 Å². The minimum Gasteiger partial charge on any atom is -0.433 e. The number of aliphatic imine (C=N–C) groups is 1. The van der Waals surface area contributed by atoms with E-state index in [0.29, 0.717) is 36.4 Å². The highest BCUT2D eigenvalue weighted by Crippen LogP contribution is 2.31. The summed E-state index contributed by atoms with van der Waals surface area (Å²) in [5, 5.41) is 10.7. The van der Waals surface area contributed by atoms with Gasteiger partial charge in [-0.25, -0.2) is 4.99 Å². The third kappa shape index (κ3) is 7.22. The smallest absolute Gasteiger partial charge is 0.387 e. The van der Waals surface area contributed by atoms with Crippen molar-refractivity contribution in [3.8, 4) is 5.75 Å². The number of nitrogens with zero attached hydrogens (tertiary/aromatic N) is 3. The molecule has 3 rings (SSSR count). The normalized spacial score (nSPS) is 16.5. The Bertz CT molecular complexity index is 847.